The first-order valence-electron chi connectivity index (χ1n) is 4.89. The molecule has 5 nitrogen and oxygen atoms in total. The van der Waals surface area contributed by atoms with Crippen LogP contribution >= 0.6 is 0 Å². The molecule has 0 fully saturated rings. The zero-order valence-electron chi connectivity index (χ0n) is 8.57. The van der Waals surface area contributed by atoms with Crippen LogP contribution in [0.4, 0.5) is 0 Å². The second-order valence-corrected chi connectivity index (χ2v) is 5.47. The van der Waals surface area contributed by atoms with Crippen molar-refractivity contribution in [2.75, 3.05) is 0 Å². The zero-order chi connectivity index (χ0) is 11.8. The molecule has 2 aromatic heterocycles. The molecule has 2 heterocycles. The number of rotatable bonds is 1. The van der Waals surface area contributed by atoms with E-state index in [1.807, 2.05) is 18.2 Å². The fourth-order valence-corrected chi connectivity index (χ4v) is 3.60. The van der Waals surface area contributed by atoms with E-state index in [0.29, 0.717) is 11.2 Å². The average molecular weight is 292 g/mol. The molecule has 3 rings (SSSR count). The van der Waals surface area contributed by atoms with E-state index >= 15 is 0 Å². The Balaban J connectivity index is 2.31. The van der Waals surface area contributed by atoms with Crippen molar-refractivity contribution in [3.63, 3.8) is 0 Å². The van der Waals surface area contributed by atoms with Gasteiger partial charge in [-0.15, -0.1) is 0 Å². The molecule has 84 valence electrons. The van der Waals surface area contributed by atoms with Gasteiger partial charge in [0.15, 0.2) is 0 Å². The molecule has 0 aliphatic rings. The fraction of sp³-hybridized carbons (Fsp3) is 0. The van der Waals surface area contributed by atoms with E-state index in [0.717, 1.165) is 4.26 Å². The summed E-state index contributed by atoms with van der Waals surface area (Å²) in [5, 5.41) is 9.94. The SMILES string of the molecule is O=c1c2ccccc2[se]n1-c1ccnc(O)n1. The maximum atomic E-state index is 12.1. The van der Waals surface area contributed by atoms with E-state index in [2.05, 4.69) is 9.97 Å². The van der Waals surface area contributed by atoms with Crippen molar-refractivity contribution in [2.24, 2.45) is 0 Å². The summed E-state index contributed by atoms with van der Waals surface area (Å²) in [6.45, 7) is 0. The molecule has 0 aliphatic heterocycles. The number of aromatic nitrogens is 3. The summed E-state index contributed by atoms with van der Waals surface area (Å²) in [7, 11) is 0. The van der Waals surface area contributed by atoms with Crippen LogP contribution in [0.15, 0.2) is 41.3 Å². The van der Waals surface area contributed by atoms with E-state index < -0.39 is 0 Å². The number of nitrogens with zero attached hydrogens (tertiary/aromatic N) is 3. The average Bonchev–Trinajstić information content (AvgIpc) is 2.68. The Bertz CT molecular complexity index is 748. The Kier molecular flexibility index (Phi) is 2.31. The zero-order valence-corrected chi connectivity index (χ0v) is 10.3. The second-order valence-electron chi connectivity index (χ2n) is 3.40. The summed E-state index contributed by atoms with van der Waals surface area (Å²) in [4.78, 5) is 19.6. The molecule has 6 heteroatoms. The molecule has 0 radical (unpaired) electrons. The standard InChI is InChI=1S/C11H7N3O2Se/c15-10-7-3-1-2-4-8(7)17-14(10)9-5-6-12-11(16)13-9/h1-6H,(H,12,13,16). The molecule has 17 heavy (non-hydrogen) atoms. The van der Waals surface area contributed by atoms with Gasteiger partial charge in [0, 0.05) is 0 Å². The Morgan fingerprint density at radius 1 is 1.24 bits per heavy atom. The minimum atomic E-state index is -0.318. The van der Waals surface area contributed by atoms with Crippen molar-refractivity contribution >= 4 is 24.4 Å². The second kappa shape index (κ2) is 3.83. The van der Waals surface area contributed by atoms with Crippen molar-refractivity contribution in [2.45, 2.75) is 0 Å². The number of hydrogen-bond acceptors (Lipinski definition) is 4. The van der Waals surface area contributed by atoms with Gasteiger partial charge >= 0.3 is 102 Å². The van der Waals surface area contributed by atoms with Crippen molar-refractivity contribution < 1.29 is 5.11 Å². The van der Waals surface area contributed by atoms with Crippen LogP contribution in [0, 0.1) is 0 Å². The van der Waals surface area contributed by atoms with Gasteiger partial charge in [0.1, 0.15) is 0 Å². The third-order valence-electron chi connectivity index (χ3n) is 2.33. The van der Waals surface area contributed by atoms with Gasteiger partial charge in [0.05, 0.1) is 0 Å². The third-order valence-corrected chi connectivity index (χ3v) is 4.61. The molecule has 3 aromatic rings. The predicted molar refractivity (Wildman–Crippen MR) is 63.7 cm³/mol. The molecular formula is C11H7N3O2Se. The van der Waals surface area contributed by atoms with Gasteiger partial charge in [-0.25, -0.2) is 0 Å². The normalized spacial score (nSPS) is 10.8. The first-order chi connectivity index (χ1) is 8.25. The van der Waals surface area contributed by atoms with E-state index in [4.69, 9.17) is 0 Å². The molecule has 0 saturated carbocycles. The summed E-state index contributed by atoms with van der Waals surface area (Å²) < 4.78 is 2.61. The molecule has 1 aromatic carbocycles. The van der Waals surface area contributed by atoms with Gasteiger partial charge in [-0.05, 0) is 0 Å². The number of benzene rings is 1. The quantitative estimate of drug-likeness (QED) is 0.665. The number of aromatic hydroxyl groups is 1. The van der Waals surface area contributed by atoms with E-state index in [9.17, 15) is 9.90 Å². The van der Waals surface area contributed by atoms with Crippen LogP contribution in [0.3, 0.4) is 0 Å². The fourth-order valence-electron chi connectivity index (χ4n) is 1.58. The van der Waals surface area contributed by atoms with Crippen molar-refractivity contribution in [3.05, 3.63) is 46.9 Å². The Hall–Kier alpha value is -1.91. The van der Waals surface area contributed by atoms with Crippen LogP contribution in [0.1, 0.15) is 0 Å². The van der Waals surface area contributed by atoms with E-state index in [1.54, 1.807) is 15.7 Å². The van der Waals surface area contributed by atoms with Crippen LogP contribution in [-0.4, -0.2) is 33.4 Å². The van der Waals surface area contributed by atoms with Gasteiger partial charge < -0.3 is 0 Å². The van der Waals surface area contributed by atoms with E-state index in [-0.39, 0.29) is 26.3 Å². The van der Waals surface area contributed by atoms with Crippen LogP contribution in [0.25, 0.3) is 15.5 Å². The van der Waals surface area contributed by atoms with Crippen LogP contribution in [-0.2, 0) is 0 Å². The first kappa shape index (κ1) is 10.3. The van der Waals surface area contributed by atoms with Gasteiger partial charge in [-0.3, -0.25) is 0 Å². The first-order valence-corrected chi connectivity index (χ1v) is 6.51. The summed E-state index contributed by atoms with van der Waals surface area (Å²) in [5.74, 6) is 0.443. The molecule has 0 amide bonds. The molecule has 0 atom stereocenters. The summed E-state index contributed by atoms with van der Waals surface area (Å²) in [6, 6.07) is 8.80. The molecular weight excluding hydrogens is 285 g/mol. The summed E-state index contributed by atoms with van der Waals surface area (Å²) in [5.41, 5.74) is -0.0706. The molecule has 0 spiro atoms. The van der Waals surface area contributed by atoms with Gasteiger partial charge in [0.25, 0.3) is 0 Å². The van der Waals surface area contributed by atoms with Gasteiger partial charge in [-0.1, -0.05) is 0 Å². The van der Waals surface area contributed by atoms with Crippen LogP contribution < -0.4 is 5.56 Å². The van der Waals surface area contributed by atoms with Crippen LogP contribution in [0.2, 0.25) is 0 Å². The monoisotopic (exact) mass is 293 g/mol. The maximum absolute atomic E-state index is 12.1. The Morgan fingerprint density at radius 3 is 2.82 bits per heavy atom. The minimum absolute atomic E-state index is 0.0706. The van der Waals surface area contributed by atoms with Crippen molar-refractivity contribution in [1.29, 1.82) is 0 Å². The Labute approximate surface area is 102 Å². The van der Waals surface area contributed by atoms with Crippen molar-refractivity contribution in [3.8, 4) is 11.8 Å². The molecule has 0 bridgehead atoms. The summed E-state index contributed by atoms with van der Waals surface area (Å²) in [6.07, 6.45) is 1.43. The number of fused-ring (bicyclic) bond motifs is 1. The third kappa shape index (κ3) is 1.67. The molecule has 0 saturated heterocycles. The molecule has 0 aliphatic carbocycles. The Morgan fingerprint density at radius 2 is 2.06 bits per heavy atom. The predicted octanol–water partition coefficient (Wildman–Crippen LogP) is 0.543. The number of hydrogen-bond donors (Lipinski definition) is 1. The summed E-state index contributed by atoms with van der Waals surface area (Å²) >= 11 is -0.130. The van der Waals surface area contributed by atoms with Crippen LogP contribution in [0.5, 0.6) is 6.01 Å². The van der Waals surface area contributed by atoms with E-state index in [1.165, 1.54) is 6.20 Å². The van der Waals surface area contributed by atoms with Gasteiger partial charge in [0.2, 0.25) is 0 Å². The molecule has 0 unspecified atom stereocenters. The van der Waals surface area contributed by atoms with Crippen molar-refractivity contribution in [1.82, 2.24) is 13.5 Å². The topological polar surface area (TPSA) is 68.0 Å². The van der Waals surface area contributed by atoms with Gasteiger partial charge in [-0.2, -0.15) is 0 Å². The molecule has 1 N–H and O–H groups in total.